The van der Waals surface area contributed by atoms with Crippen LogP contribution in [-0.2, 0) is 33.9 Å². The summed E-state index contributed by atoms with van der Waals surface area (Å²) in [6.45, 7) is 27.2. The van der Waals surface area contributed by atoms with Crippen LogP contribution < -0.4 is 26.0 Å². The third-order valence-corrected chi connectivity index (χ3v) is 4.67. The molecule has 45 heavy (non-hydrogen) atoms. The number of sulfonamides is 1. The maximum atomic E-state index is 10.4. The minimum absolute atomic E-state index is 0. The molecular weight excluding hydrogens is 622 g/mol. The predicted octanol–water partition coefficient (Wildman–Crippen LogP) is 5.12. The summed E-state index contributed by atoms with van der Waals surface area (Å²) in [5, 5.41) is 10.8. The minimum Gasteiger partial charge on any atom is -0.379 e. The zero-order valence-electron chi connectivity index (χ0n) is 29.8. The van der Waals surface area contributed by atoms with Crippen molar-refractivity contribution in [3.8, 4) is 0 Å². The molecule has 0 rings (SSSR count). The lowest BCUT2D eigenvalue weighted by Gasteiger charge is -2.05. The van der Waals surface area contributed by atoms with Crippen LogP contribution in [-0.4, -0.2) is 98.4 Å². The third-order valence-electron chi connectivity index (χ3n) is 3.03. The predicted molar refractivity (Wildman–Crippen MR) is 197 cm³/mol. The van der Waals surface area contributed by atoms with E-state index in [1.54, 1.807) is 34.7 Å². The molecule has 3 amide bonds. The average molecular weight is 702 g/mol. The van der Waals surface area contributed by atoms with Gasteiger partial charge in [0, 0.05) is 44.7 Å². The molecule has 0 atom stereocenters. The Bertz CT molecular complexity index is 780. The highest BCUT2D eigenvalue weighted by atomic mass is 32.2. The van der Waals surface area contributed by atoms with Gasteiger partial charge in [0.2, 0.25) is 15.9 Å². The summed E-state index contributed by atoms with van der Waals surface area (Å²) in [4.78, 5) is 20.5. The Kier molecular flexibility index (Phi) is 59.4. The number of hydrogen-bond donors (Lipinski definition) is 5. The maximum Gasteiger partial charge on any atom is 0.314 e. The van der Waals surface area contributed by atoms with Crippen LogP contribution >= 0.6 is 0 Å². The van der Waals surface area contributed by atoms with Crippen molar-refractivity contribution in [2.75, 3.05) is 33.2 Å². The van der Waals surface area contributed by atoms with Crippen LogP contribution in [0.1, 0.15) is 119 Å². The first-order valence-electron chi connectivity index (χ1n) is 14.1. The molecule has 0 aliphatic rings. The Morgan fingerprint density at radius 1 is 0.644 bits per heavy atom. The van der Waals surface area contributed by atoms with E-state index >= 15 is 0 Å². The van der Waals surface area contributed by atoms with Crippen molar-refractivity contribution in [1.82, 2.24) is 26.0 Å². The molecule has 0 aliphatic carbocycles. The monoisotopic (exact) mass is 702 g/mol. The lowest BCUT2D eigenvalue weighted by molar-refractivity contribution is -0.119. The zero-order valence-corrected chi connectivity index (χ0v) is 31.4. The van der Waals surface area contributed by atoms with Gasteiger partial charge in [-0.3, -0.25) is 8.98 Å². The molecule has 5 N–H and O–H groups in total. The number of nitrogens with one attached hydrogen (secondary N) is 5. The highest BCUT2D eigenvalue weighted by Crippen LogP contribution is 1.93. The molecule has 0 saturated heterocycles. The third kappa shape index (κ3) is 126. The van der Waals surface area contributed by atoms with Gasteiger partial charge in [-0.15, -0.1) is 0 Å². The molecule has 284 valence electrons. The van der Waals surface area contributed by atoms with E-state index in [0.29, 0.717) is 12.1 Å². The van der Waals surface area contributed by atoms with Crippen molar-refractivity contribution in [3.63, 3.8) is 0 Å². The summed E-state index contributed by atoms with van der Waals surface area (Å²) < 4.78 is 52.9. The van der Waals surface area contributed by atoms with Gasteiger partial charge in [0.05, 0.1) is 24.7 Å². The van der Waals surface area contributed by atoms with Crippen molar-refractivity contribution < 1.29 is 35.3 Å². The second-order valence-electron chi connectivity index (χ2n) is 10.6. The van der Waals surface area contributed by atoms with Crippen molar-refractivity contribution in [2.24, 2.45) is 0 Å². The Balaban J connectivity index is -0.0000000490. The minimum atomic E-state index is -3.22. The molecule has 0 spiro atoms. The van der Waals surface area contributed by atoms with E-state index in [2.05, 4.69) is 44.0 Å². The van der Waals surface area contributed by atoms with Crippen molar-refractivity contribution in [3.05, 3.63) is 0 Å². The number of urea groups is 1. The topological polar surface area (TPSA) is 181 Å². The SMILES string of the molecule is C.C.C.CC(=O)NC(C)C.CC(C)NS(C)(=O)=O.CC(C)OS(C)(=O)=O.CCOC(C)C.CNC(=O)NC(C)C.CNC(C)C. The quantitative estimate of drug-likeness (QED) is 0.204. The molecule has 0 heterocycles. The van der Waals surface area contributed by atoms with E-state index in [9.17, 15) is 26.4 Å². The fraction of sp³-hybridized carbons (Fsp3) is 0.933. The molecule has 0 bridgehead atoms. The maximum absolute atomic E-state index is 10.4. The summed E-state index contributed by atoms with van der Waals surface area (Å²) in [6.07, 6.45) is 2.33. The van der Waals surface area contributed by atoms with E-state index in [1.165, 1.54) is 6.92 Å². The first-order valence-corrected chi connectivity index (χ1v) is 17.8. The van der Waals surface area contributed by atoms with Crippen LogP contribution in [0.5, 0.6) is 0 Å². The Hall–Kier alpha value is -1.52. The lowest BCUT2D eigenvalue weighted by Crippen LogP contribution is -2.37. The van der Waals surface area contributed by atoms with Gasteiger partial charge >= 0.3 is 6.03 Å². The van der Waals surface area contributed by atoms with Gasteiger partial charge in [-0.05, 0) is 83.2 Å². The van der Waals surface area contributed by atoms with Crippen molar-refractivity contribution in [1.29, 1.82) is 0 Å². The van der Waals surface area contributed by atoms with Crippen LogP contribution in [0.2, 0.25) is 0 Å². The Labute approximate surface area is 281 Å². The van der Waals surface area contributed by atoms with Crippen LogP contribution in [0.15, 0.2) is 0 Å². The van der Waals surface area contributed by atoms with Gasteiger partial charge in [-0.25, -0.2) is 17.9 Å². The highest BCUT2D eigenvalue weighted by molar-refractivity contribution is 7.88. The summed E-state index contributed by atoms with van der Waals surface area (Å²) in [7, 11) is -2.65. The fourth-order valence-electron chi connectivity index (χ4n) is 1.85. The van der Waals surface area contributed by atoms with E-state index in [-0.39, 0.29) is 58.4 Å². The molecular formula is C30H79N5O8S2. The summed E-state index contributed by atoms with van der Waals surface area (Å²) >= 11 is 0. The average Bonchev–Trinajstić information content (AvgIpc) is 2.70. The van der Waals surface area contributed by atoms with Gasteiger partial charge in [0.15, 0.2) is 0 Å². The second kappa shape index (κ2) is 40.5. The van der Waals surface area contributed by atoms with Crippen LogP contribution in [0, 0.1) is 0 Å². The van der Waals surface area contributed by atoms with E-state index < -0.39 is 20.1 Å². The van der Waals surface area contributed by atoms with Gasteiger partial charge in [-0.2, -0.15) is 8.42 Å². The number of ether oxygens (including phenoxy) is 1. The lowest BCUT2D eigenvalue weighted by atomic mass is 10.4. The number of amides is 3. The fourth-order valence-corrected chi connectivity index (χ4v) is 3.41. The first-order chi connectivity index (χ1) is 18.7. The molecule has 13 nitrogen and oxygen atoms in total. The van der Waals surface area contributed by atoms with Gasteiger partial charge < -0.3 is 26.0 Å². The van der Waals surface area contributed by atoms with Crippen LogP contribution in [0.4, 0.5) is 4.79 Å². The molecule has 0 aromatic heterocycles. The van der Waals surface area contributed by atoms with E-state index in [4.69, 9.17) is 4.74 Å². The summed E-state index contributed by atoms with van der Waals surface area (Å²) in [5.41, 5.74) is 0. The molecule has 0 saturated carbocycles. The van der Waals surface area contributed by atoms with Crippen molar-refractivity contribution in [2.45, 2.75) is 156 Å². The Morgan fingerprint density at radius 2 is 1.00 bits per heavy atom. The number of carbonyl (C=O) groups excluding carboxylic acids is 2. The van der Waals surface area contributed by atoms with Gasteiger partial charge in [0.1, 0.15) is 0 Å². The summed E-state index contributed by atoms with van der Waals surface area (Å²) in [5.74, 6) is 0.0370. The standard InChI is InChI=1S/C5H12N2O.C5H11NO.C5H12O.C4H11NO2S.C4H11N.C4H10O3S.3CH4/c1-4(2)7-5(8)6-3;1-4(2)6-5(3)7;1-4-6-5(2)3;1-4(2)5-8(3,6)7;1-4(2)5-3;1-4(2)7-8(3,5)6;;;/h4H,1-3H3,(H2,6,7,8);4H,1-3H3,(H,6,7);5H,4H2,1-3H3;4-5H,1-3H3;4-5H,1-3H3;4H,1-3H3;3*1H4. The molecule has 0 aromatic carbocycles. The zero-order chi connectivity index (χ0) is 35.3. The van der Waals surface area contributed by atoms with E-state index in [1.807, 2.05) is 55.5 Å². The highest BCUT2D eigenvalue weighted by Gasteiger charge is 2.03. The van der Waals surface area contributed by atoms with Crippen LogP contribution in [0.25, 0.3) is 0 Å². The molecule has 0 unspecified atom stereocenters. The smallest absolute Gasteiger partial charge is 0.314 e. The molecule has 15 heteroatoms. The molecule has 0 aliphatic heterocycles. The first kappa shape index (κ1) is 66.0. The number of rotatable bonds is 9. The number of carbonyl (C=O) groups is 2. The van der Waals surface area contributed by atoms with Gasteiger partial charge in [-0.1, -0.05) is 36.1 Å². The second-order valence-corrected chi connectivity index (χ2v) is 14.0. The number of hydrogen-bond acceptors (Lipinski definition) is 9. The van der Waals surface area contributed by atoms with E-state index in [0.717, 1.165) is 19.1 Å². The Morgan fingerprint density at radius 3 is 1.02 bits per heavy atom. The summed E-state index contributed by atoms with van der Waals surface area (Å²) in [6, 6.07) is 1.01. The largest absolute Gasteiger partial charge is 0.379 e. The molecule has 0 radical (unpaired) electrons. The van der Waals surface area contributed by atoms with Crippen LogP contribution in [0.3, 0.4) is 0 Å². The molecule has 0 aromatic rings. The van der Waals surface area contributed by atoms with Gasteiger partial charge in [0.25, 0.3) is 10.1 Å². The normalized spacial score (nSPS) is 9.87. The van der Waals surface area contributed by atoms with Crippen molar-refractivity contribution >= 4 is 32.1 Å². The molecule has 0 fully saturated rings.